The molecule has 0 bridgehead atoms. The molecule has 0 aromatic heterocycles. The molecule has 2 rings (SSSR count). The Bertz CT molecular complexity index is 504. The monoisotopic (exact) mass is 280 g/mol. The van der Waals surface area contributed by atoms with Crippen molar-refractivity contribution in [2.45, 2.75) is 13.3 Å². The first kappa shape index (κ1) is 13.9. The fourth-order valence-corrected chi connectivity index (χ4v) is 2.18. The van der Waals surface area contributed by atoms with Crippen LogP contribution in [0.25, 0.3) is 0 Å². The van der Waals surface area contributed by atoms with E-state index in [1.54, 1.807) is 31.3 Å². The predicted octanol–water partition coefficient (Wildman–Crippen LogP) is 2.39. The minimum Gasteiger partial charge on any atom is -0.336 e. The Balaban J connectivity index is 1.87. The molecule has 1 aliphatic rings. The van der Waals surface area contributed by atoms with Crippen molar-refractivity contribution in [2.24, 2.45) is 11.8 Å². The third-order valence-electron chi connectivity index (χ3n) is 3.33. The lowest BCUT2D eigenvalue weighted by Crippen LogP contribution is -2.36. The number of likely N-dealkylation sites (N-methyl/N-ethyl adjacent to an activating group) is 1. The molecule has 1 saturated carbocycles. The highest BCUT2D eigenvalue weighted by atomic mass is 35.5. The largest absolute Gasteiger partial charge is 0.336 e. The molecule has 1 aliphatic carbocycles. The number of carbonyl (C=O) groups excluding carboxylic acids is 2. The van der Waals surface area contributed by atoms with Crippen molar-refractivity contribution < 1.29 is 9.59 Å². The maximum atomic E-state index is 11.9. The molecule has 1 aromatic carbocycles. The first-order valence-electron chi connectivity index (χ1n) is 6.28. The number of benzene rings is 1. The van der Waals surface area contributed by atoms with Crippen molar-refractivity contribution in [3.8, 4) is 0 Å². The van der Waals surface area contributed by atoms with Gasteiger partial charge in [0.25, 0.3) is 0 Å². The van der Waals surface area contributed by atoms with Crippen LogP contribution in [0.2, 0.25) is 5.02 Å². The first-order valence-corrected chi connectivity index (χ1v) is 6.66. The standard InChI is InChI=1S/C14H17ClN2O2/c1-9-7-10(9)14(19)17(2)8-13(18)16-12-6-4-3-5-11(12)15/h3-6,9-10H,7-8H2,1-2H3,(H,16,18). The number of nitrogens with one attached hydrogen (secondary N) is 1. The van der Waals surface area contributed by atoms with E-state index < -0.39 is 0 Å². The normalized spacial score (nSPS) is 20.8. The van der Waals surface area contributed by atoms with E-state index in [-0.39, 0.29) is 24.3 Å². The van der Waals surface area contributed by atoms with Crippen LogP contribution in [0.1, 0.15) is 13.3 Å². The fourth-order valence-electron chi connectivity index (χ4n) is 1.99. The van der Waals surface area contributed by atoms with Gasteiger partial charge in [0.05, 0.1) is 17.3 Å². The second kappa shape index (κ2) is 5.61. The minimum absolute atomic E-state index is 0.0433. The van der Waals surface area contributed by atoms with E-state index in [0.29, 0.717) is 16.6 Å². The molecular formula is C14H17ClN2O2. The van der Waals surface area contributed by atoms with Crippen molar-refractivity contribution in [3.05, 3.63) is 29.3 Å². The highest BCUT2D eigenvalue weighted by molar-refractivity contribution is 6.33. The summed E-state index contributed by atoms with van der Waals surface area (Å²) >= 11 is 5.95. The van der Waals surface area contributed by atoms with Gasteiger partial charge in [-0.3, -0.25) is 9.59 Å². The van der Waals surface area contributed by atoms with Gasteiger partial charge in [-0.1, -0.05) is 30.7 Å². The summed E-state index contributed by atoms with van der Waals surface area (Å²) in [6.07, 6.45) is 0.926. The number of amides is 2. The molecule has 0 spiro atoms. The van der Waals surface area contributed by atoms with Crippen molar-refractivity contribution in [3.63, 3.8) is 0 Å². The predicted molar refractivity (Wildman–Crippen MR) is 75.0 cm³/mol. The molecule has 1 aromatic rings. The maximum Gasteiger partial charge on any atom is 0.244 e. The van der Waals surface area contributed by atoms with Crippen LogP contribution in [0.4, 0.5) is 5.69 Å². The van der Waals surface area contributed by atoms with Crippen LogP contribution in [-0.4, -0.2) is 30.3 Å². The molecule has 1 fully saturated rings. The van der Waals surface area contributed by atoms with Crippen LogP contribution in [0.5, 0.6) is 0 Å². The van der Waals surface area contributed by atoms with Crippen molar-refractivity contribution in [2.75, 3.05) is 18.9 Å². The lowest BCUT2D eigenvalue weighted by atomic mass is 10.3. The van der Waals surface area contributed by atoms with Gasteiger partial charge in [-0.25, -0.2) is 0 Å². The van der Waals surface area contributed by atoms with Gasteiger partial charge in [0, 0.05) is 13.0 Å². The summed E-state index contributed by atoms with van der Waals surface area (Å²) in [5.74, 6) is 0.346. The molecule has 0 radical (unpaired) electrons. The average Bonchev–Trinajstić information content (AvgIpc) is 3.08. The summed E-state index contributed by atoms with van der Waals surface area (Å²) in [6.45, 7) is 2.09. The quantitative estimate of drug-likeness (QED) is 0.921. The number of hydrogen-bond donors (Lipinski definition) is 1. The zero-order valence-corrected chi connectivity index (χ0v) is 11.8. The topological polar surface area (TPSA) is 49.4 Å². The first-order chi connectivity index (χ1) is 8.99. The number of nitrogens with zero attached hydrogens (tertiary/aromatic N) is 1. The molecule has 0 saturated heterocycles. The van der Waals surface area contributed by atoms with E-state index in [0.717, 1.165) is 6.42 Å². The Labute approximate surface area is 117 Å². The Morgan fingerprint density at radius 2 is 2.05 bits per heavy atom. The summed E-state index contributed by atoms with van der Waals surface area (Å²) in [4.78, 5) is 25.2. The summed E-state index contributed by atoms with van der Waals surface area (Å²) in [6, 6.07) is 7.02. The molecule has 2 unspecified atom stereocenters. The third-order valence-corrected chi connectivity index (χ3v) is 3.66. The van der Waals surface area contributed by atoms with E-state index in [9.17, 15) is 9.59 Å². The van der Waals surface area contributed by atoms with Gasteiger partial charge in [-0.05, 0) is 24.5 Å². The van der Waals surface area contributed by atoms with Crippen molar-refractivity contribution >= 4 is 29.1 Å². The van der Waals surface area contributed by atoms with Gasteiger partial charge < -0.3 is 10.2 Å². The zero-order chi connectivity index (χ0) is 14.0. The second-order valence-electron chi connectivity index (χ2n) is 5.04. The van der Waals surface area contributed by atoms with Crippen LogP contribution in [0.3, 0.4) is 0 Å². The van der Waals surface area contributed by atoms with E-state index in [1.165, 1.54) is 4.90 Å². The fraction of sp³-hybridized carbons (Fsp3) is 0.429. The zero-order valence-electron chi connectivity index (χ0n) is 11.0. The lowest BCUT2D eigenvalue weighted by molar-refractivity contribution is -0.134. The molecule has 5 heteroatoms. The number of rotatable bonds is 4. The van der Waals surface area contributed by atoms with E-state index in [1.807, 2.05) is 6.92 Å². The molecule has 0 aliphatic heterocycles. The molecule has 102 valence electrons. The third kappa shape index (κ3) is 3.47. The molecule has 1 N–H and O–H groups in total. The number of para-hydroxylation sites is 1. The minimum atomic E-state index is -0.239. The summed E-state index contributed by atoms with van der Waals surface area (Å²) in [7, 11) is 1.65. The van der Waals surface area contributed by atoms with E-state index >= 15 is 0 Å². The maximum absolute atomic E-state index is 11.9. The van der Waals surface area contributed by atoms with Gasteiger partial charge in [-0.2, -0.15) is 0 Å². The smallest absolute Gasteiger partial charge is 0.244 e. The Morgan fingerprint density at radius 1 is 1.42 bits per heavy atom. The molecule has 2 amide bonds. The average molecular weight is 281 g/mol. The van der Waals surface area contributed by atoms with Gasteiger partial charge in [-0.15, -0.1) is 0 Å². The summed E-state index contributed by atoms with van der Waals surface area (Å²) in [5.41, 5.74) is 0.565. The summed E-state index contributed by atoms with van der Waals surface area (Å²) < 4.78 is 0. The van der Waals surface area contributed by atoms with Crippen LogP contribution in [-0.2, 0) is 9.59 Å². The van der Waals surface area contributed by atoms with Gasteiger partial charge in [0.15, 0.2) is 0 Å². The highest BCUT2D eigenvalue weighted by Crippen LogP contribution is 2.38. The molecule has 19 heavy (non-hydrogen) atoms. The van der Waals surface area contributed by atoms with Crippen molar-refractivity contribution in [1.29, 1.82) is 0 Å². The number of carbonyl (C=O) groups is 2. The Kier molecular flexibility index (Phi) is 4.10. The second-order valence-corrected chi connectivity index (χ2v) is 5.45. The SMILES string of the molecule is CC1CC1C(=O)N(C)CC(=O)Nc1ccccc1Cl. The van der Waals surface area contributed by atoms with E-state index in [4.69, 9.17) is 11.6 Å². The highest BCUT2D eigenvalue weighted by Gasteiger charge is 2.40. The van der Waals surface area contributed by atoms with Crippen LogP contribution in [0.15, 0.2) is 24.3 Å². The number of halogens is 1. The van der Waals surface area contributed by atoms with Gasteiger partial charge in [0.2, 0.25) is 11.8 Å². The van der Waals surface area contributed by atoms with Gasteiger partial charge >= 0.3 is 0 Å². The molecular weight excluding hydrogens is 264 g/mol. The van der Waals surface area contributed by atoms with Crippen molar-refractivity contribution in [1.82, 2.24) is 4.90 Å². The molecule has 0 heterocycles. The Hall–Kier alpha value is -1.55. The Morgan fingerprint density at radius 3 is 2.63 bits per heavy atom. The van der Waals surface area contributed by atoms with Crippen LogP contribution < -0.4 is 5.32 Å². The van der Waals surface area contributed by atoms with Crippen LogP contribution in [0, 0.1) is 11.8 Å². The van der Waals surface area contributed by atoms with Crippen LogP contribution >= 0.6 is 11.6 Å². The molecule has 2 atom stereocenters. The lowest BCUT2D eigenvalue weighted by Gasteiger charge is -2.17. The number of hydrogen-bond acceptors (Lipinski definition) is 2. The number of anilines is 1. The molecule has 4 nitrogen and oxygen atoms in total. The van der Waals surface area contributed by atoms with Gasteiger partial charge in [0.1, 0.15) is 0 Å². The summed E-state index contributed by atoms with van der Waals surface area (Å²) in [5, 5.41) is 3.19. The van der Waals surface area contributed by atoms with E-state index in [2.05, 4.69) is 5.32 Å².